The third-order valence-corrected chi connectivity index (χ3v) is 3.02. The van der Waals surface area contributed by atoms with Crippen LogP contribution in [0.4, 0.5) is 0 Å². The Morgan fingerprint density at radius 1 is 1.18 bits per heavy atom. The molecule has 1 aliphatic rings. The zero-order valence-corrected chi connectivity index (χ0v) is 12.8. The van der Waals surface area contributed by atoms with E-state index in [1.54, 1.807) is 20.8 Å². The number of hydrogen-bond donors (Lipinski definition) is 1. The molecule has 0 unspecified atom stereocenters. The van der Waals surface area contributed by atoms with Gasteiger partial charge in [0, 0.05) is 12.0 Å². The lowest BCUT2D eigenvalue weighted by molar-refractivity contribution is -0.139. The Morgan fingerprint density at radius 3 is 2.27 bits per heavy atom. The van der Waals surface area contributed by atoms with Crippen molar-refractivity contribution in [1.29, 1.82) is 0 Å². The zero-order chi connectivity index (χ0) is 16.3. The molecule has 1 aliphatic heterocycles. The predicted molar refractivity (Wildman–Crippen MR) is 78.4 cm³/mol. The van der Waals surface area contributed by atoms with E-state index in [4.69, 9.17) is 9.47 Å². The van der Waals surface area contributed by atoms with E-state index in [-0.39, 0.29) is 5.91 Å². The molecule has 2 rings (SSSR count). The van der Waals surface area contributed by atoms with Gasteiger partial charge in [-0.05, 0) is 45.0 Å². The maximum atomic E-state index is 12.0. The van der Waals surface area contributed by atoms with Gasteiger partial charge in [-0.15, -0.1) is 0 Å². The summed E-state index contributed by atoms with van der Waals surface area (Å²) in [5.74, 6) is -1.24. The van der Waals surface area contributed by atoms with E-state index < -0.39 is 23.6 Å². The van der Waals surface area contributed by atoms with Gasteiger partial charge in [0.25, 0.3) is 5.91 Å². The van der Waals surface area contributed by atoms with E-state index in [0.717, 1.165) is 0 Å². The summed E-state index contributed by atoms with van der Waals surface area (Å²) in [6.45, 7) is 5.68. The first kappa shape index (κ1) is 16.0. The Morgan fingerprint density at radius 2 is 1.77 bits per heavy atom. The number of nitrogens with one attached hydrogen (secondary N) is 1. The molecule has 1 atom stereocenters. The number of cyclic esters (lactones) is 1. The first-order chi connectivity index (χ1) is 10.3. The molecule has 1 heterocycles. The minimum Gasteiger partial charge on any atom is -0.464 e. The van der Waals surface area contributed by atoms with E-state index in [9.17, 15) is 14.4 Å². The van der Waals surface area contributed by atoms with Crippen LogP contribution in [0.1, 0.15) is 47.9 Å². The molecule has 0 saturated carbocycles. The van der Waals surface area contributed by atoms with Crippen molar-refractivity contribution in [2.75, 3.05) is 6.61 Å². The van der Waals surface area contributed by atoms with Crippen molar-refractivity contribution in [1.82, 2.24) is 5.32 Å². The van der Waals surface area contributed by atoms with Crippen molar-refractivity contribution >= 4 is 17.8 Å². The largest absolute Gasteiger partial charge is 0.464 e. The Kier molecular flexibility index (Phi) is 4.49. The van der Waals surface area contributed by atoms with Crippen molar-refractivity contribution in [2.45, 2.75) is 38.8 Å². The third kappa shape index (κ3) is 4.07. The predicted octanol–water partition coefficient (Wildman–Crippen LogP) is 1.69. The number of carbonyl (C=O) groups is 3. The summed E-state index contributed by atoms with van der Waals surface area (Å²) in [6, 6.07) is 5.49. The van der Waals surface area contributed by atoms with Crippen molar-refractivity contribution in [3.8, 4) is 0 Å². The topological polar surface area (TPSA) is 81.7 Å². The van der Waals surface area contributed by atoms with Crippen LogP contribution in [-0.2, 0) is 14.3 Å². The van der Waals surface area contributed by atoms with Gasteiger partial charge in [0.1, 0.15) is 11.6 Å². The van der Waals surface area contributed by atoms with Gasteiger partial charge in [-0.1, -0.05) is 0 Å². The van der Waals surface area contributed by atoms with Crippen LogP contribution in [0.15, 0.2) is 24.3 Å². The highest BCUT2D eigenvalue weighted by Gasteiger charge is 2.28. The van der Waals surface area contributed by atoms with Crippen LogP contribution < -0.4 is 5.32 Å². The maximum Gasteiger partial charge on any atom is 0.338 e. The SMILES string of the molecule is CC(C)(C)OC(=O)c1ccc(C(=O)N[C@H]2CCOC2=O)cc1. The van der Waals surface area contributed by atoms with Crippen LogP contribution in [0.25, 0.3) is 0 Å². The molecule has 0 radical (unpaired) electrons. The molecular formula is C16H19NO5. The first-order valence-corrected chi connectivity index (χ1v) is 7.07. The van der Waals surface area contributed by atoms with E-state index in [2.05, 4.69) is 5.32 Å². The van der Waals surface area contributed by atoms with Gasteiger partial charge in [-0.25, -0.2) is 9.59 Å². The van der Waals surface area contributed by atoms with E-state index in [1.807, 2.05) is 0 Å². The van der Waals surface area contributed by atoms with Gasteiger partial charge in [-0.2, -0.15) is 0 Å². The number of rotatable bonds is 3. The highest BCUT2D eigenvalue weighted by atomic mass is 16.6. The van der Waals surface area contributed by atoms with Crippen LogP contribution in [-0.4, -0.2) is 36.1 Å². The number of hydrogen-bond acceptors (Lipinski definition) is 5. The summed E-state index contributed by atoms with van der Waals surface area (Å²) in [4.78, 5) is 35.2. The Hall–Kier alpha value is -2.37. The maximum absolute atomic E-state index is 12.0. The van der Waals surface area contributed by atoms with Crippen LogP contribution in [0, 0.1) is 0 Å². The third-order valence-electron chi connectivity index (χ3n) is 3.02. The lowest BCUT2D eigenvalue weighted by Gasteiger charge is -2.19. The fraction of sp³-hybridized carbons (Fsp3) is 0.438. The van der Waals surface area contributed by atoms with Gasteiger partial charge in [-0.3, -0.25) is 4.79 Å². The molecule has 22 heavy (non-hydrogen) atoms. The summed E-state index contributed by atoms with van der Waals surface area (Å²) in [5.41, 5.74) is 0.162. The number of amides is 1. The lowest BCUT2D eigenvalue weighted by Crippen LogP contribution is -2.37. The number of carbonyl (C=O) groups excluding carboxylic acids is 3. The minimum atomic E-state index is -0.599. The standard InChI is InChI=1S/C16H19NO5/c1-16(2,3)22-14(19)11-6-4-10(5-7-11)13(18)17-12-8-9-21-15(12)20/h4-7,12H,8-9H2,1-3H3,(H,17,18)/t12-/m0/s1. The molecule has 6 nitrogen and oxygen atoms in total. The van der Waals surface area contributed by atoms with Gasteiger partial charge < -0.3 is 14.8 Å². The van der Waals surface area contributed by atoms with E-state index >= 15 is 0 Å². The average Bonchev–Trinajstić information content (AvgIpc) is 2.82. The fourth-order valence-corrected chi connectivity index (χ4v) is 1.96. The molecule has 1 amide bonds. The second-order valence-electron chi connectivity index (χ2n) is 6.06. The van der Waals surface area contributed by atoms with Crippen molar-refractivity contribution < 1.29 is 23.9 Å². The Balaban J connectivity index is 2.00. The minimum absolute atomic E-state index is 0.321. The summed E-state index contributed by atoms with van der Waals surface area (Å²) in [5, 5.41) is 2.60. The van der Waals surface area contributed by atoms with Crippen LogP contribution in [0.2, 0.25) is 0 Å². The van der Waals surface area contributed by atoms with Crippen molar-refractivity contribution in [3.05, 3.63) is 35.4 Å². The Labute approximate surface area is 128 Å². The van der Waals surface area contributed by atoms with Gasteiger partial charge in [0.2, 0.25) is 0 Å². The molecule has 1 N–H and O–H groups in total. The van der Waals surface area contributed by atoms with Gasteiger partial charge in [0.05, 0.1) is 12.2 Å². The second-order valence-corrected chi connectivity index (χ2v) is 6.06. The summed E-state index contributed by atoms with van der Waals surface area (Å²) >= 11 is 0. The molecular weight excluding hydrogens is 286 g/mol. The summed E-state index contributed by atoms with van der Waals surface area (Å²) < 4.78 is 10.0. The molecule has 0 bridgehead atoms. The van der Waals surface area contributed by atoms with Crippen molar-refractivity contribution in [2.24, 2.45) is 0 Å². The highest BCUT2D eigenvalue weighted by Crippen LogP contribution is 2.13. The lowest BCUT2D eigenvalue weighted by atomic mass is 10.1. The molecule has 1 fully saturated rings. The van der Waals surface area contributed by atoms with Crippen LogP contribution >= 0.6 is 0 Å². The second kappa shape index (κ2) is 6.17. The molecule has 1 aromatic rings. The van der Waals surface area contributed by atoms with Gasteiger partial charge >= 0.3 is 11.9 Å². The molecule has 1 saturated heterocycles. The number of ether oxygens (including phenoxy) is 2. The monoisotopic (exact) mass is 305 g/mol. The van der Waals surface area contributed by atoms with E-state index in [0.29, 0.717) is 24.2 Å². The molecule has 0 aliphatic carbocycles. The molecule has 1 aromatic carbocycles. The highest BCUT2D eigenvalue weighted by molar-refractivity contribution is 5.98. The smallest absolute Gasteiger partial charge is 0.338 e. The van der Waals surface area contributed by atoms with Crippen LogP contribution in [0.3, 0.4) is 0 Å². The quantitative estimate of drug-likeness (QED) is 0.859. The van der Waals surface area contributed by atoms with Crippen LogP contribution in [0.5, 0.6) is 0 Å². The molecule has 0 aromatic heterocycles. The zero-order valence-electron chi connectivity index (χ0n) is 12.8. The normalized spacial score (nSPS) is 17.8. The first-order valence-electron chi connectivity index (χ1n) is 7.07. The Bertz CT molecular complexity index is 586. The molecule has 118 valence electrons. The van der Waals surface area contributed by atoms with Gasteiger partial charge in [0.15, 0.2) is 0 Å². The summed E-state index contributed by atoms with van der Waals surface area (Å²) in [6.07, 6.45) is 0.473. The summed E-state index contributed by atoms with van der Waals surface area (Å²) in [7, 11) is 0. The average molecular weight is 305 g/mol. The number of benzene rings is 1. The van der Waals surface area contributed by atoms with E-state index in [1.165, 1.54) is 24.3 Å². The number of esters is 2. The van der Waals surface area contributed by atoms with Crippen molar-refractivity contribution in [3.63, 3.8) is 0 Å². The fourth-order valence-electron chi connectivity index (χ4n) is 1.96. The molecule has 6 heteroatoms. The molecule has 0 spiro atoms.